The van der Waals surface area contributed by atoms with Crippen molar-refractivity contribution in [1.29, 1.82) is 0 Å². The van der Waals surface area contributed by atoms with Crippen LogP contribution in [0, 0.1) is 6.92 Å². The molecule has 17 heavy (non-hydrogen) atoms. The van der Waals surface area contributed by atoms with E-state index in [0.717, 1.165) is 6.42 Å². The SMILES string of the molecule is CCc1ccc(-c2ccc(C(C)C)s2)c(C)c1. The van der Waals surface area contributed by atoms with E-state index in [-0.39, 0.29) is 0 Å². The Labute approximate surface area is 108 Å². The molecule has 0 unspecified atom stereocenters. The van der Waals surface area contributed by atoms with E-state index in [1.165, 1.54) is 26.4 Å². The molecular weight excluding hydrogens is 224 g/mol. The van der Waals surface area contributed by atoms with Crippen LogP contribution >= 0.6 is 11.3 Å². The molecule has 1 heterocycles. The third-order valence-electron chi connectivity index (χ3n) is 3.16. The molecular formula is C16H20S. The van der Waals surface area contributed by atoms with Crippen molar-refractivity contribution < 1.29 is 0 Å². The minimum absolute atomic E-state index is 0.629. The van der Waals surface area contributed by atoms with E-state index in [1.54, 1.807) is 0 Å². The fourth-order valence-corrected chi connectivity index (χ4v) is 3.13. The Morgan fingerprint density at radius 1 is 1.12 bits per heavy atom. The second-order valence-electron chi connectivity index (χ2n) is 4.86. The van der Waals surface area contributed by atoms with Crippen molar-refractivity contribution in [2.45, 2.75) is 40.0 Å². The minimum atomic E-state index is 0.629. The molecule has 0 atom stereocenters. The molecule has 0 nitrogen and oxygen atoms in total. The van der Waals surface area contributed by atoms with Crippen LogP contribution in [0.3, 0.4) is 0 Å². The maximum Gasteiger partial charge on any atom is 0.0348 e. The highest BCUT2D eigenvalue weighted by atomic mass is 32.1. The molecule has 0 aliphatic heterocycles. The van der Waals surface area contributed by atoms with Gasteiger partial charge in [0.25, 0.3) is 0 Å². The highest BCUT2D eigenvalue weighted by molar-refractivity contribution is 7.15. The lowest BCUT2D eigenvalue weighted by molar-refractivity contribution is 0.890. The smallest absolute Gasteiger partial charge is 0.0348 e. The molecule has 0 bridgehead atoms. The van der Waals surface area contributed by atoms with Gasteiger partial charge in [0.05, 0.1) is 0 Å². The first-order valence-electron chi connectivity index (χ1n) is 6.31. The Morgan fingerprint density at radius 3 is 2.41 bits per heavy atom. The van der Waals surface area contributed by atoms with Gasteiger partial charge >= 0.3 is 0 Å². The van der Waals surface area contributed by atoms with E-state index < -0.39 is 0 Å². The summed E-state index contributed by atoms with van der Waals surface area (Å²) in [7, 11) is 0. The van der Waals surface area contributed by atoms with Crippen molar-refractivity contribution >= 4 is 11.3 Å². The molecule has 0 radical (unpaired) electrons. The number of thiophene rings is 1. The molecule has 90 valence electrons. The van der Waals surface area contributed by atoms with Crippen LogP contribution < -0.4 is 0 Å². The van der Waals surface area contributed by atoms with E-state index in [4.69, 9.17) is 0 Å². The predicted molar refractivity (Wildman–Crippen MR) is 78.0 cm³/mol. The average molecular weight is 244 g/mol. The highest BCUT2D eigenvalue weighted by Crippen LogP contribution is 2.34. The number of rotatable bonds is 3. The van der Waals surface area contributed by atoms with Crippen molar-refractivity contribution in [2.75, 3.05) is 0 Å². The first kappa shape index (κ1) is 12.4. The summed E-state index contributed by atoms with van der Waals surface area (Å²) in [6.07, 6.45) is 1.11. The highest BCUT2D eigenvalue weighted by Gasteiger charge is 2.08. The number of hydrogen-bond donors (Lipinski definition) is 0. The van der Waals surface area contributed by atoms with Crippen LogP contribution in [0.5, 0.6) is 0 Å². The summed E-state index contributed by atoms with van der Waals surface area (Å²) in [5.41, 5.74) is 4.20. The van der Waals surface area contributed by atoms with Crippen molar-refractivity contribution in [3.8, 4) is 10.4 Å². The zero-order chi connectivity index (χ0) is 12.4. The zero-order valence-electron chi connectivity index (χ0n) is 11.1. The number of hydrogen-bond acceptors (Lipinski definition) is 1. The lowest BCUT2D eigenvalue weighted by Crippen LogP contribution is -1.85. The number of aryl methyl sites for hydroxylation is 2. The van der Waals surface area contributed by atoms with Crippen molar-refractivity contribution in [3.05, 3.63) is 46.3 Å². The van der Waals surface area contributed by atoms with Gasteiger partial charge in [-0.25, -0.2) is 0 Å². The summed E-state index contributed by atoms with van der Waals surface area (Å²) in [4.78, 5) is 2.87. The lowest BCUT2D eigenvalue weighted by atomic mass is 10.0. The van der Waals surface area contributed by atoms with Gasteiger partial charge in [0.1, 0.15) is 0 Å². The Bertz CT molecular complexity index is 506. The molecule has 2 rings (SSSR count). The van der Waals surface area contributed by atoms with E-state index in [2.05, 4.69) is 58.0 Å². The first-order valence-corrected chi connectivity index (χ1v) is 7.13. The summed E-state index contributed by atoms with van der Waals surface area (Å²) >= 11 is 1.92. The monoisotopic (exact) mass is 244 g/mol. The fraction of sp³-hybridized carbons (Fsp3) is 0.375. The van der Waals surface area contributed by atoms with Crippen LogP contribution in [-0.2, 0) is 6.42 Å². The van der Waals surface area contributed by atoms with Gasteiger partial charge in [0, 0.05) is 9.75 Å². The lowest BCUT2D eigenvalue weighted by Gasteiger charge is -2.06. The molecule has 0 fully saturated rings. The van der Waals surface area contributed by atoms with Gasteiger partial charge in [0.15, 0.2) is 0 Å². The third-order valence-corrected chi connectivity index (χ3v) is 4.58. The first-order chi connectivity index (χ1) is 8.11. The summed E-state index contributed by atoms with van der Waals surface area (Å²) in [5, 5.41) is 0. The van der Waals surface area contributed by atoms with Crippen molar-refractivity contribution in [3.63, 3.8) is 0 Å². The molecule has 1 aromatic carbocycles. The third kappa shape index (κ3) is 2.61. The van der Waals surface area contributed by atoms with Crippen LogP contribution in [0.2, 0.25) is 0 Å². The van der Waals surface area contributed by atoms with E-state index in [0.29, 0.717) is 5.92 Å². The van der Waals surface area contributed by atoms with Crippen LogP contribution in [0.4, 0.5) is 0 Å². The maximum atomic E-state index is 2.31. The van der Waals surface area contributed by atoms with Gasteiger partial charge in [-0.1, -0.05) is 39.0 Å². The van der Waals surface area contributed by atoms with Crippen LogP contribution in [0.15, 0.2) is 30.3 Å². The van der Waals surface area contributed by atoms with Gasteiger partial charge in [0.2, 0.25) is 0 Å². The molecule has 1 heteroatoms. The quantitative estimate of drug-likeness (QED) is 0.677. The molecule has 0 spiro atoms. The Hall–Kier alpha value is -1.08. The predicted octanol–water partition coefficient (Wildman–Crippen LogP) is 5.41. The largest absolute Gasteiger partial charge is 0.140 e. The van der Waals surface area contributed by atoms with Gasteiger partial charge in [-0.3, -0.25) is 0 Å². The molecule has 0 amide bonds. The summed E-state index contributed by atoms with van der Waals surface area (Å²) < 4.78 is 0. The van der Waals surface area contributed by atoms with Gasteiger partial charge in [-0.15, -0.1) is 11.3 Å². The molecule has 0 aliphatic rings. The Morgan fingerprint density at radius 2 is 1.88 bits per heavy atom. The van der Waals surface area contributed by atoms with Crippen LogP contribution in [-0.4, -0.2) is 0 Å². The minimum Gasteiger partial charge on any atom is -0.140 e. The summed E-state index contributed by atoms with van der Waals surface area (Å²) in [6.45, 7) is 8.92. The molecule has 0 saturated heterocycles. The molecule has 0 N–H and O–H groups in total. The second-order valence-corrected chi connectivity index (χ2v) is 5.97. The van der Waals surface area contributed by atoms with Crippen molar-refractivity contribution in [1.82, 2.24) is 0 Å². The van der Waals surface area contributed by atoms with Crippen LogP contribution in [0.1, 0.15) is 42.7 Å². The summed E-state index contributed by atoms with van der Waals surface area (Å²) in [5.74, 6) is 0.629. The van der Waals surface area contributed by atoms with E-state index >= 15 is 0 Å². The second kappa shape index (κ2) is 5.05. The number of benzene rings is 1. The normalized spacial score (nSPS) is 11.1. The topological polar surface area (TPSA) is 0 Å². The van der Waals surface area contributed by atoms with E-state index in [1.807, 2.05) is 11.3 Å². The summed E-state index contributed by atoms with van der Waals surface area (Å²) in [6, 6.07) is 11.3. The molecule has 0 aliphatic carbocycles. The average Bonchev–Trinajstić information content (AvgIpc) is 2.78. The van der Waals surface area contributed by atoms with E-state index in [9.17, 15) is 0 Å². The van der Waals surface area contributed by atoms with Crippen molar-refractivity contribution in [2.24, 2.45) is 0 Å². The Balaban J connectivity index is 2.38. The van der Waals surface area contributed by atoms with Gasteiger partial charge in [-0.2, -0.15) is 0 Å². The molecule has 1 aromatic heterocycles. The van der Waals surface area contributed by atoms with Gasteiger partial charge in [-0.05, 0) is 48.1 Å². The maximum absolute atomic E-state index is 2.31. The molecule has 2 aromatic rings. The fourth-order valence-electron chi connectivity index (χ4n) is 2.03. The van der Waals surface area contributed by atoms with Gasteiger partial charge < -0.3 is 0 Å². The van der Waals surface area contributed by atoms with Crippen LogP contribution in [0.25, 0.3) is 10.4 Å². The Kier molecular flexibility index (Phi) is 3.68. The molecule has 0 saturated carbocycles. The standard InChI is InChI=1S/C16H20S/c1-5-13-6-7-14(12(4)10-13)16-9-8-15(17-16)11(2)3/h6-11H,5H2,1-4H3. The zero-order valence-corrected chi connectivity index (χ0v) is 11.9.